The van der Waals surface area contributed by atoms with Crippen LogP contribution in [0.5, 0.6) is 11.5 Å². The minimum atomic E-state index is -0.443. The Morgan fingerprint density at radius 1 is 1.00 bits per heavy atom. The van der Waals surface area contributed by atoms with Crippen molar-refractivity contribution in [2.75, 3.05) is 33.3 Å². The highest BCUT2D eigenvalue weighted by Gasteiger charge is 2.42. The molecule has 3 heterocycles. The third-order valence-electron chi connectivity index (χ3n) is 7.44. The molecule has 3 fully saturated rings. The van der Waals surface area contributed by atoms with E-state index in [-0.39, 0.29) is 6.10 Å². The summed E-state index contributed by atoms with van der Waals surface area (Å²) >= 11 is 0. The Bertz CT molecular complexity index is 910. The molecule has 0 unspecified atom stereocenters. The Balaban J connectivity index is 1.23. The Hall–Kier alpha value is -2.09. The normalized spacial score (nSPS) is 28.7. The first-order valence-electron chi connectivity index (χ1n) is 12.0. The summed E-state index contributed by atoms with van der Waals surface area (Å²) in [6.07, 6.45) is 7.66. The van der Waals surface area contributed by atoms with Crippen molar-refractivity contribution in [1.29, 1.82) is 0 Å². The quantitative estimate of drug-likeness (QED) is 0.714. The predicted molar refractivity (Wildman–Crippen MR) is 123 cm³/mol. The molecule has 32 heavy (non-hydrogen) atoms. The molecule has 5 rings (SSSR count). The first kappa shape index (κ1) is 21.7. The van der Waals surface area contributed by atoms with Gasteiger partial charge in [0.05, 0.1) is 19.4 Å². The summed E-state index contributed by atoms with van der Waals surface area (Å²) in [5.41, 5.74) is 2.49. The summed E-state index contributed by atoms with van der Waals surface area (Å²) in [6.45, 7) is 6.30. The van der Waals surface area contributed by atoms with Crippen molar-refractivity contribution in [2.24, 2.45) is 18.9 Å². The van der Waals surface area contributed by atoms with Crippen molar-refractivity contribution in [3.05, 3.63) is 41.7 Å². The number of hydrogen-bond acceptors (Lipinski definition) is 6. The van der Waals surface area contributed by atoms with E-state index >= 15 is 0 Å². The zero-order valence-electron chi connectivity index (χ0n) is 19.3. The van der Waals surface area contributed by atoms with Gasteiger partial charge in [0.15, 0.2) is 11.5 Å². The van der Waals surface area contributed by atoms with Gasteiger partial charge in [-0.25, -0.2) is 0 Å². The van der Waals surface area contributed by atoms with Crippen LogP contribution in [0.3, 0.4) is 0 Å². The molecule has 3 aliphatic rings. The summed E-state index contributed by atoms with van der Waals surface area (Å²) in [4.78, 5) is 4.99. The van der Waals surface area contributed by atoms with E-state index in [1.807, 2.05) is 24.0 Å². The molecule has 1 N–H and O–H groups in total. The lowest BCUT2D eigenvalue weighted by Crippen LogP contribution is -2.42. The third-order valence-corrected chi connectivity index (χ3v) is 7.44. The summed E-state index contributed by atoms with van der Waals surface area (Å²) in [6, 6.07) is 6.24. The molecule has 1 aliphatic carbocycles. The number of aliphatic hydroxyl groups excluding tert-OH is 1. The maximum Gasteiger partial charge on any atom is 0.162 e. The zero-order valence-corrected chi connectivity index (χ0v) is 19.3. The molecule has 4 atom stereocenters. The molecular formula is C25H36N4O3. The molecule has 2 aromatic rings. The number of nitrogens with zero attached hydrogens (tertiary/aromatic N) is 4. The Kier molecular flexibility index (Phi) is 6.40. The second kappa shape index (κ2) is 9.41. The van der Waals surface area contributed by atoms with Crippen LogP contribution < -0.4 is 9.47 Å². The van der Waals surface area contributed by atoms with Crippen molar-refractivity contribution in [3.63, 3.8) is 0 Å². The Labute approximate surface area is 190 Å². The zero-order chi connectivity index (χ0) is 22.1. The highest BCUT2D eigenvalue weighted by atomic mass is 16.5. The second-order valence-electron chi connectivity index (χ2n) is 9.90. The maximum atomic E-state index is 10.9. The van der Waals surface area contributed by atoms with E-state index in [4.69, 9.17) is 9.47 Å². The van der Waals surface area contributed by atoms with Crippen LogP contribution in [0, 0.1) is 11.8 Å². The van der Waals surface area contributed by atoms with Gasteiger partial charge in [-0.3, -0.25) is 14.5 Å². The predicted octanol–water partition coefficient (Wildman–Crippen LogP) is 2.67. The van der Waals surface area contributed by atoms with Crippen LogP contribution in [0.15, 0.2) is 30.6 Å². The SMILES string of the molecule is COc1ccc(CN2CCCC2)cc1O[C@@H]1C[C@@H]2CN(Cc3cnn(C)c3)C[C@@H]2C[C@H]1O. The summed E-state index contributed by atoms with van der Waals surface area (Å²) in [7, 11) is 3.64. The average molecular weight is 441 g/mol. The number of aliphatic hydroxyl groups is 1. The van der Waals surface area contributed by atoms with Gasteiger partial charge < -0.3 is 14.6 Å². The number of aryl methyl sites for hydroxylation is 1. The summed E-state index contributed by atoms with van der Waals surface area (Å²) in [5.74, 6) is 2.59. The van der Waals surface area contributed by atoms with Crippen molar-refractivity contribution in [2.45, 2.75) is 51.0 Å². The largest absolute Gasteiger partial charge is 0.493 e. The van der Waals surface area contributed by atoms with Crippen LogP contribution >= 0.6 is 0 Å². The minimum Gasteiger partial charge on any atom is -0.493 e. The van der Waals surface area contributed by atoms with E-state index in [1.165, 1.54) is 37.1 Å². The highest BCUT2D eigenvalue weighted by Crippen LogP contribution is 2.40. The summed E-state index contributed by atoms with van der Waals surface area (Å²) < 4.78 is 13.9. The molecular weight excluding hydrogens is 404 g/mol. The van der Waals surface area contributed by atoms with Crippen molar-refractivity contribution in [1.82, 2.24) is 19.6 Å². The Morgan fingerprint density at radius 3 is 2.47 bits per heavy atom. The fraction of sp³-hybridized carbons (Fsp3) is 0.640. The van der Waals surface area contributed by atoms with E-state index in [2.05, 4.69) is 33.2 Å². The molecule has 0 bridgehead atoms. The maximum absolute atomic E-state index is 10.9. The molecule has 0 radical (unpaired) electrons. The first-order chi connectivity index (χ1) is 15.6. The second-order valence-corrected chi connectivity index (χ2v) is 9.90. The topological polar surface area (TPSA) is 63.0 Å². The number of fused-ring (bicyclic) bond motifs is 1. The minimum absolute atomic E-state index is 0.189. The number of methoxy groups -OCH3 is 1. The van der Waals surface area contributed by atoms with Crippen molar-refractivity contribution >= 4 is 0 Å². The smallest absolute Gasteiger partial charge is 0.162 e. The lowest BCUT2D eigenvalue weighted by molar-refractivity contribution is -0.0241. The number of benzene rings is 1. The number of rotatable bonds is 7. The van der Waals surface area contributed by atoms with Gasteiger partial charge >= 0.3 is 0 Å². The monoisotopic (exact) mass is 440 g/mol. The lowest BCUT2D eigenvalue weighted by Gasteiger charge is -2.35. The van der Waals surface area contributed by atoms with Crippen molar-refractivity contribution < 1.29 is 14.6 Å². The molecule has 0 amide bonds. The van der Waals surface area contributed by atoms with Gasteiger partial charge in [-0.05, 0) is 68.3 Å². The van der Waals surface area contributed by atoms with Gasteiger partial charge in [0.25, 0.3) is 0 Å². The lowest BCUT2D eigenvalue weighted by atomic mass is 9.78. The summed E-state index contributed by atoms with van der Waals surface area (Å²) in [5, 5.41) is 15.2. The molecule has 2 aliphatic heterocycles. The highest BCUT2D eigenvalue weighted by molar-refractivity contribution is 5.43. The van der Waals surface area contributed by atoms with E-state index in [9.17, 15) is 5.11 Å². The van der Waals surface area contributed by atoms with Gasteiger partial charge in [-0.2, -0.15) is 5.10 Å². The first-order valence-corrected chi connectivity index (χ1v) is 12.0. The van der Waals surface area contributed by atoms with Crippen LogP contribution in [0.2, 0.25) is 0 Å². The Morgan fingerprint density at radius 2 is 1.75 bits per heavy atom. The molecule has 7 heteroatoms. The van der Waals surface area contributed by atoms with Gasteiger partial charge in [-0.15, -0.1) is 0 Å². The molecule has 7 nitrogen and oxygen atoms in total. The van der Waals surface area contributed by atoms with Gasteiger partial charge in [-0.1, -0.05) is 6.07 Å². The van der Waals surface area contributed by atoms with Crippen LogP contribution in [0.25, 0.3) is 0 Å². The molecule has 1 saturated carbocycles. The van der Waals surface area contributed by atoms with E-state index in [0.29, 0.717) is 11.8 Å². The molecule has 1 aromatic carbocycles. The van der Waals surface area contributed by atoms with E-state index in [0.717, 1.165) is 50.5 Å². The number of likely N-dealkylation sites (tertiary alicyclic amines) is 2. The fourth-order valence-electron chi connectivity index (χ4n) is 5.83. The van der Waals surface area contributed by atoms with E-state index < -0.39 is 6.10 Å². The molecule has 0 spiro atoms. The average Bonchev–Trinajstić information content (AvgIpc) is 3.51. The number of ether oxygens (including phenoxy) is 2. The van der Waals surface area contributed by atoms with Gasteiger partial charge in [0.2, 0.25) is 0 Å². The van der Waals surface area contributed by atoms with Crippen molar-refractivity contribution in [3.8, 4) is 11.5 Å². The van der Waals surface area contributed by atoms with Crippen LogP contribution in [0.1, 0.15) is 36.8 Å². The molecule has 2 saturated heterocycles. The van der Waals surface area contributed by atoms with Gasteiger partial charge in [0.1, 0.15) is 6.10 Å². The van der Waals surface area contributed by atoms with Gasteiger partial charge in [0, 0.05) is 45.0 Å². The number of hydrogen-bond donors (Lipinski definition) is 1. The fourth-order valence-corrected chi connectivity index (χ4v) is 5.83. The molecule has 1 aromatic heterocycles. The van der Waals surface area contributed by atoms with Crippen LogP contribution in [0.4, 0.5) is 0 Å². The third kappa shape index (κ3) is 4.80. The molecule has 174 valence electrons. The van der Waals surface area contributed by atoms with Crippen LogP contribution in [-0.2, 0) is 20.1 Å². The van der Waals surface area contributed by atoms with E-state index in [1.54, 1.807) is 7.11 Å². The standard InChI is InChI=1S/C25H36N4O3/c1-27-13-19(12-26-27)15-29-16-20-10-22(30)24(11-21(20)17-29)32-25-9-18(5-6-23(25)31-2)14-28-7-3-4-8-28/h5-6,9,12-13,20-22,24,30H,3-4,7-8,10-11,14-17H2,1-2H3/t20-,21+,22+,24+/m0/s1. The van der Waals surface area contributed by atoms with Crippen LogP contribution in [-0.4, -0.2) is 70.2 Å². The number of aromatic nitrogens is 2.